The standard InChI is InChI=1S/C16H25BrN2O2/c1-3-21-16-11-13(14(17)12-15(16)20)5-4-6-19-9-7-18(2)8-10-19/h11-12,20H,3-10H2,1-2H3. The van der Waals surface area contributed by atoms with Crippen LogP contribution in [-0.2, 0) is 6.42 Å². The first-order valence-electron chi connectivity index (χ1n) is 7.65. The fraction of sp³-hybridized carbons (Fsp3) is 0.625. The van der Waals surface area contributed by atoms with Crippen LogP contribution in [0.2, 0.25) is 0 Å². The van der Waals surface area contributed by atoms with Gasteiger partial charge in [-0.05, 0) is 51.1 Å². The Morgan fingerprint density at radius 2 is 1.95 bits per heavy atom. The molecular weight excluding hydrogens is 332 g/mol. The van der Waals surface area contributed by atoms with E-state index in [0.29, 0.717) is 12.4 Å². The van der Waals surface area contributed by atoms with Gasteiger partial charge in [-0.3, -0.25) is 0 Å². The number of ether oxygens (including phenoxy) is 1. The van der Waals surface area contributed by atoms with Crippen LogP contribution in [0.25, 0.3) is 0 Å². The fourth-order valence-electron chi connectivity index (χ4n) is 2.61. The lowest BCUT2D eigenvalue weighted by Gasteiger charge is -2.32. The zero-order chi connectivity index (χ0) is 15.2. The molecule has 21 heavy (non-hydrogen) atoms. The molecule has 1 aliphatic rings. The lowest BCUT2D eigenvalue weighted by molar-refractivity contribution is 0.153. The van der Waals surface area contributed by atoms with Crippen molar-refractivity contribution in [3.63, 3.8) is 0 Å². The minimum atomic E-state index is 0.201. The zero-order valence-corrected chi connectivity index (χ0v) is 14.5. The highest BCUT2D eigenvalue weighted by Crippen LogP contribution is 2.33. The normalized spacial score (nSPS) is 17.1. The van der Waals surface area contributed by atoms with Crippen LogP contribution in [0.5, 0.6) is 11.5 Å². The number of piperazine rings is 1. The van der Waals surface area contributed by atoms with E-state index in [0.717, 1.165) is 50.0 Å². The number of phenolic OH excluding ortho intramolecular Hbond substituents is 1. The van der Waals surface area contributed by atoms with E-state index in [1.54, 1.807) is 6.07 Å². The van der Waals surface area contributed by atoms with E-state index in [1.165, 1.54) is 5.56 Å². The smallest absolute Gasteiger partial charge is 0.161 e. The third kappa shape index (κ3) is 4.87. The SMILES string of the molecule is CCOc1cc(CCCN2CCN(C)CC2)c(Br)cc1O. The number of aromatic hydroxyl groups is 1. The Balaban J connectivity index is 1.86. The highest BCUT2D eigenvalue weighted by molar-refractivity contribution is 9.10. The second-order valence-corrected chi connectivity index (χ2v) is 6.45. The molecule has 0 radical (unpaired) electrons. The van der Waals surface area contributed by atoms with Crippen LogP contribution >= 0.6 is 15.9 Å². The van der Waals surface area contributed by atoms with Crippen molar-refractivity contribution in [3.8, 4) is 11.5 Å². The highest BCUT2D eigenvalue weighted by Gasteiger charge is 2.14. The minimum absolute atomic E-state index is 0.201. The molecule has 0 spiro atoms. The van der Waals surface area contributed by atoms with Gasteiger partial charge in [-0.25, -0.2) is 0 Å². The summed E-state index contributed by atoms with van der Waals surface area (Å²) in [4.78, 5) is 4.90. The number of halogens is 1. The van der Waals surface area contributed by atoms with E-state index in [9.17, 15) is 5.11 Å². The number of aryl methyl sites for hydroxylation is 1. The van der Waals surface area contributed by atoms with Gasteiger partial charge in [0.25, 0.3) is 0 Å². The molecular formula is C16H25BrN2O2. The van der Waals surface area contributed by atoms with Gasteiger partial charge in [-0.15, -0.1) is 0 Å². The maximum Gasteiger partial charge on any atom is 0.161 e. The number of rotatable bonds is 6. The van der Waals surface area contributed by atoms with E-state index in [1.807, 2.05) is 13.0 Å². The van der Waals surface area contributed by atoms with Crippen molar-refractivity contribution in [1.29, 1.82) is 0 Å². The molecule has 4 nitrogen and oxygen atoms in total. The Morgan fingerprint density at radius 3 is 2.62 bits per heavy atom. The fourth-order valence-corrected chi connectivity index (χ4v) is 3.14. The van der Waals surface area contributed by atoms with Crippen molar-refractivity contribution in [2.45, 2.75) is 19.8 Å². The van der Waals surface area contributed by atoms with Crippen molar-refractivity contribution in [2.75, 3.05) is 46.4 Å². The summed E-state index contributed by atoms with van der Waals surface area (Å²) >= 11 is 3.53. The molecule has 0 aromatic heterocycles. The summed E-state index contributed by atoms with van der Waals surface area (Å²) in [7, 11) is 2.18. The second-order valence-electron chi connectivity index (χ2n) is 5.59. The third-order valence-electron chi connectivity index (χ3n) is 3.94. The van der Waals surface area contributed by atoms with Gasteiger partial charge in [-0.2, -0.15) is 0 Å². The maximum atomic E-state index is 9.83. The van der Waals surface area contributed by atoms with Gasteiger partial charge in [0, 0.05) is 30.7 Å². The predicted octanol–water partition coefficient (Wildman–Crippen LogP) is 2.73. The van der Waals surface area contributed by atoms with Crippen LogP contribution in [0.4, 0.5) is 0 Å². The Hall–Kier alpha value is -0.780. The number of hydrogen-bond donors (Lipinski definition) is 1. The van der Waals surface area contributed by atoms with Gasteiger partial charge in [0.1, 0.15) is 0 Å². The van der Waals surface area contributed by atoms with Crippen LogP contribution < -0.4 is 4.74 Å². The molecule has 0 atom stereocenters. The van der Waals surface area contributed by atoms with E-state index >= 15 is 0 Å². The molecule has 5 heteroatoms. The lowest BCUT2D eigenvalue weighted by atomic mass is 10.1. The molecule has 1 aliphatic heterocycles. The third-order valence-corrected chi connectivity index (χ3v) is 4.68. The average molecular weight is 357 g/mol. The number of benzene rings is 1. The number of likely N-dealkylation sites (N-methyl/N-ethyl adjacent to an activating group) is 1. The molecule has 0 saturated carbocycles. The molecule has 0 aliphatic carbocycles. The average Bonchev–Trinajstić information content (AvgIpc) is 2.46. The van der Waals surface area contributed by atoms with Crippen molar-refractivity contribution in [1.82, 2.24) is 9.80 Å². The van der Waals surface area contributed by atoms with Crippen LogP contribution in [0.15, 0.2) is 16.6 Å². The van der Waals surface area contributed by atoms with Crippen LogP contribution in [0, 0.1) is 0 Å². The Kier molecular flexibility index (Phi) is 6.33. The maximum absolute atomic E-state index is 9.83. The first-order chi connectivity index (χ1) is 10.1. The van der Waals surface area contributed by atoms with Crippen LogP contribution in [0.1, 0.15) is 18.9 Å². The van der Waals surface area contributed by atoms with E-state index < -0.39 is 0 Å². The highest BCUT2D eigenvalue weighted by atomic mass is 79.9. The molecule has 0 bridgehead atoms. The summed E-state index contributed by atoms with van der Waals surface area (Å²) < 4.78 is 6.41. The number of hydrogen-bond acceptors (Lipinski definition) is 4. The summed E-state index contributed by atoms with van der Waals surface area (Å²) in [6.07, 6.45) is 2.12. The van der Waals surface area contributed by atoms with Gasteiger partial charge >= 0.3 is 0 Å². The first kappa shape index (κ1) is 16.6. The minimum Gasteiger partial charge on any atom is -0.504 e. The molecule has 0 amide bonds. The topological polar surface area (TPSA) is 35.9 Å². The van der Waals surface area contributed by atoms with Crippen LogP contribution in [-0.4, -0.2) is 61.3 Å². The van der Waals surface area contributed by atoms with Crippen molar-refractivity contribution >= 4 is 15.9 Å². The molecule has 1 aromatic rings. The van der Waals surface area contributed by atoms with Crippen molar-refractivity contribution in [2.24, 2.45) is 0 Å². The Morgan fingerprint density at radius 1 is 1.24 bits per heavy atom. The number of phenols is 1. The summed E-state index contributed by atoms with van der Waals surface area (Å²) in [5.41, 5.74) is 1.20. The molecule has 2 rings (SSSR count). The summed E-state index contributed by atoms with van der Waals surface area (Å²) in [6.45, 7) is 8.28. The lowest BCUT2D eigenvalue weighted by Crippen LogP contribution is -2.44. The largest absolute Gasteiger partial charge is 0.504 e. The van der Waals surface area contributed by atoms with Crippen LogP contribution in [0.3, 0.4) is 0 Å². The summed E-state index contributed by atoms with van der Waals surface area (Å²) in [5.74, 6) is 0.779. The van der Waals surface area contributed by atoms with E-state index in [-0.39, 0.29) is 5.75 Å². The predicted molar refractivity (Wildman–Crippen MR) is 89.2 cm³/mol. The Bertz CT molecular complexity index is 460. The summed E-state index contributed by atoms with van der Waals surface area (Å²) in [5, 5.41) is 9.83. The zero-order valence-electron chi connectivity index (χ0n) is 12.9. The van der Waals surface area contributed by atoms with Crippen molar-refractivity contribution < 1.29 is 9.84 Å². The molecule has 1 N–H and O–H groups in total. The molecule has 1 heterocycles. The van der Waals surface area contributed by atoms with E-state index in [2.05, 4.69) is 32.8 Å². The second kappa shape index (κ2) is 8.01. The van der Waals surface area contributed by atoms with Gasteiger partial charge in [0.05, 0.1) is 6.61 Å². The molecule has 1 aromatic carbocycles. The molecule has 1 fully saturated rings. The molecule has 1 saturated heterocycles. The summed E-state index contributed by atoms with van der Waals surface area (Å²) in [6, 6.07) is 3.68. The molecule has 0 unspecified atom stereocenters. The van der Waals surface area contributed by atoms with Gasteiger partial charge < -0.3 is 19.6 Å². The monoisotopic (exact) mass is 356 g/mol. The van der Waals surface area contributed by atoms with Crippen molar-refractivity contribution in [3.05, 3.63) is 22.2 Å². The first-order valence-corrected chi connectivity index (χ1v) is 8.44. The number of nitrogens with zero attached hydrogens (tertiary/aromatic N) is 2. The quantitative estimate of drug-likeness (QED) is 0.849. The Labute approximate surface area is 135 Å². The van der Waals surface area contributed by atoms with E-state index in [4.69, 9.17) is 4.74 Å². The molecule has 118 valence electrons. The van der Waals surface area contributed by atoms with Gasteiger partial charge in [0.2, 0.25) is 0 Å². The van der Waals surface area contributed by atoms with Gasteiger partial charge in [-0.1, -0.05) is 15.9 Å². The van der Waals surface area contributed by atoms with Gasteiger partial charge in [0.15, 0.2) is 11.5 Å².